The van der Waals surface area contributed by atoms with Gasteiger partial charge in [-0.25, -0.2) is 4.98 Å². The van der Waals surface area contributed by atoms with E-state index in [1.165, 1.54) is 0 Å². The number of nitrogens with zero attached hydrogens (tertiary/aromatic N) is 2. The molecule has 5 heteroatoms. The molecule has 1 aromatic heterocycles. The molecule has 0 unspecified atom stereocenters. The summed E-state index contributed by atoms with van der Waals surface area (Å²) < 4.78 is 0. The molecule has 2 heterocycles. The van der Waals surface area contributed by atoms with E-state index in [9.17, 15) is 0 Å². The van der Waals surface area contributed by atoms with Gasteiger partial charge in [-0.1, -0.05) is 25.4 Å². The molecule has 0 fully saturated rings. The highest BCUT2D eigenvalue weighted by Gasteiger charge is 2.34. The molecule has 0 saturated heterocycles. The molecule has 0 amide bonds. The molecule has 2 rings (SSSR count). The standard InChI is InChI=1S/C8H11ClN4/c1-8(2)3-11-6-4(8)5(9)12-7(10)13-6/h3H2,1-2H3,(H3,10,11,12,13). The van der Waals surface area contributed by atoms with Crippen molar-refractivity contribution in [3.63, 3.8) is 0 Å². The Kier molecular flexibility index (Phi) is 1.63. The normalized spacial score (nSPS) is 18.1. The maximum absolute atomic E-state index is 5.99. The molecule has 13 heavy (non-hydrogen) atoms. The van der Waals surface area contributed by atoms with Gasteiger partial charge in [0.2, 0.25) is 5.95 Å². The molecule has 3 N–H and O–H groups in total. The van der Waals surface area contributed by atoms with Gasteiger partial charge in [0.05, 0.1) is 0 Å². The maximum atomic E-state index is 5.99. The lowest BCUT2D eigenvalue weighted by Crippen LogP contribution is -2.19. The zero-order valence-electron chi connectivity index (χ0n) is 7.56. The van der Waals surface area contributed by atoms with E-state index in [4.69, 9.17) is 17.3 Å². The zero-order valence-corrected chi connectivity index (χ0v) is 8.31. The number of nitrogens with one attached hydrogen (secondary N) is 1. The molecule has 0 bridgehead atoms. The van der Waals surface area contributed by atoms with Gasteiger partial charge in [0.25, 0.3) is 0 Å². The molecule has 0 aromatic carbocycles. The fraction of sp³-hybridized carbons (Fsp3) is 0.500. The van der Waals surface area contributed by atoms with Crippen molar-refractivity contribution in [2.45, 2.75) is 19.3 Å². The van der Waals surface area contributed by atoms with Crippen molar-refractivity contribution >= 4 is 23.4 Å². The van der Waals surface area contributed by atoms with Crippen LogP contribution in [0.5, 0.6) is 0 Å². The van der Waals surface area contributed by atoms with Crippen molar-refractivity contribution < 1.29 is 0 Å². The van der Waals surface area contributed by atoms with E-state index in [2.05, 4.69) is 29.1 Å². The molecule has 1 aliphatic rings. The summed E-state index contributed by atoms with van der Waals surface area (Å²) in [6.45, 7) is 5.01. The number of hydrogen-bond acceptors (Lipinski definition) is 4. The van der Waals surface area contributed by atoms with Crippen LogP contribution in [0, 0.1) is 0 Å². The van der Waals surface area contributed by atoms with E-state index in [1.807, 2.05) is 0 Å². The minimum absolute atomic E-state index is 0.0138. The van der Waals surface area contributed by atoms with Crippen molar-refractivity contribution in [2.24, 2.45) is 0 Å². The predicted molar refractivity (Wildman–Crippen MR) is 53.0 cm³/mol. The summed E-state index contributed by atoms with van der Waals surface area (Å²) in [7, 11) is 0. The fourth-order valence-corrected chi connectivity index (χ4v) is 2.00. The first-order chi connectivity index (χ1) is 6.00. The van der Waals surface area contributed by atoms with Crippen LogP contribution in [0.25, 0.3) is 0 Å². The van der Waals surface area contributed by atoms with Crippen molar-refractivity contribution in [2.75, 3.05) is 17.6 Å². The highest BCUT2D eigenvalue weighted by atomic mass is 35.5. The molecule has 0 aliphatic carbocycles. The Morgan fingerprint density at radius 2 is 2.15 bits per heavy atom. The number of hydrogen-bond donors (Lipinski definition) is 2. The molecule has 0 atom stereocenters. The number of aromatic nitrogens is 2. The summed E-state index contributed by atoms with van der Waals surface area (Å²) in [5.41, 5.74) is 6.42. The van der Waals surface area contributed by atoms with Crippen LogP contribution in [0.2, 0.25) is 5.15 Å². The topological polar surface area (TPSA) is 63.8 Å². The lowest BCUT2D eigenvalue weighted by Gasteiger charge is -2.16. The average Bonchev–Trinajstić information content (AvgIpc) is 2.26. The first-order valence-electron chi connectivity index (χ1n) is 4.08. The van der Waals surface area contributed by atoms with Crippen molar-refractivity contribution in [3.8, 4) is 0 Å². The molecule has 1 aromatic rings. The second kappa shape index (κ2) is 2.48. The third kappa shape index (κ3) is 1.21. The Bertz CT molecular complexity index is 361. The summed E-state index contributed by atoms with van der Waals surface area (Å²) in [6, 6.07) is 0. The van der Waals surface area contributed by atoms with Crippen LogP contribution >= 0.6 is 11.6 Å². The molecule has 0 saturated carbocycles. The molecular formula is C8H11ClN4. The van der Waals surface area contributed by atoms with Crippen LogP contribution in [0.15, 0.2) is 0 Å². The monoisotopic (exact) mass is 198 g/mol. The van der Waals surface area contributed by atoms with Crippen LogP contribution in [0.4, 0.5) is 11.8 Å². The fourth-order valence-electron chi connectivity index (χ4n) is 1.57. The maximum Gasteiger partial charge on any atom is 0.223 e. The number of fused-ring (bicyclic) bond motifs is 1. The van der Waals surface area contributed by atoms with Gasteiger partial charge in [-0.05, 0) is 0 Å². The average molecular weight is 199 g/mol. The van der Waals surface area contributed by atoms with Gasteiger partial charge in [-0.15, -0.1) is 0 Å². The van der Waals surface area contributed by atoms with Gasteiger partial charge >= 0.3 is 0 Å². The number of anilines is 2. The van der Waals surface area contributed by atoms with Crippen molar-refractivity contribution in [1.29, 1.82) is 0 Å². The summed E-state index contributed by atoms with van der Waals surface area (Å²) in [4.78, 5) is 8.01. The minimum Gasteiger partial charge on any atom is -0.369 e. The second-order valence-electron chi connectivity index (χ2n) is 3.83. The summed E-state index contributed by atoms with van der Waals surface area (Å²) in [5, 5.41) is 3.61. The van der Waals surface area contributed by atoms with Crippen molar-refractivity contribution in [3.05, 3.63) is 10.7 Å². The van der Waals surface area contributed by atoms with Crippen LogP contribution in [0.3, 0.4) is 0 Å². The van der Waals surface area contributed by atoms with Gasteiger partial charge < -0.3 is 11.1 Å². The number of rotatable bonds is 0. The third-order valence-electron chi connectivity index (χ3n) is 2.26. The number of nitrogens with two attached hydrogens (primary N) is 1. The zero-order chi connectivity index (χ0) is 9.64. The van der Waals surface area contributed by atoms with E-state index in [-0.39, 0.29) is 11.4 Å². The van der Waals surface area contributed by atoms with Gasteiger partial charge in [-0.3, -0.25) is 0 Å². The third-order valence-corrected chi connectivity index (χ3v) is 2.53. The second-order valence-corrected chi connectivity index (χ2v) is 4.19. The first kappa shape index (κ1) is 8.56. The Labute approximate surface area is 81.5 Å². The Morgan fingerprint density at radius 1 is 1.46 bits per heavy atom. The molecule has 1 aliphatic heterocycles. The summed E-state index contributed by atoms with van der Waals surface area (Å²) in [5.74, 6) is 0.983. The molecule has 70 valence electrons. The van der Waals surface area contributed by atoms with Gasteiger partial charge in [-0.2, -0.15) is 4.98 Å². The predicted octanol–water partition coefficient (Wildman–Crippen LogP) is 1.42. The number of nitrogen functional groups attached to an aromatic ring is 1. The van der Waals surface area contributed by atoms with Crippen LogP contribution < -0.4 is 11.1 Å². The Morgan fingerprint density at radius 3 is 2.85 bits per heavy atom. The first-order valence-corrected chi connectivity index (χ1v) is 4.46. The molecule has 0 spiro atoms. The quantitative estimate of drug-likeness (QED) is 0.619. The summed E-state index contributed by atoms with van der Waals surface area (Å²) >= 11 is 5.99. The number of halogens is 1. The van der Waals surface area contributed by atoms with Crippen LogP contribution in [-0.4, -0.2) is 16.5 Å². The van der Waals surface area contributed by atoms with Gasteiger partial charge in [0.1, 0.15) is 11.0 Å². The van der Waals surface area contributed by atoms with Crippen molar-refractivity contribution in [1.82, 2.24) is 9.97 Å². The summed E-state index contributed by atoms with van der Waals surface area (Å²) in [6.07, 6.45) is 0. The largest absolute Gasteiger partial charge is 0.369 e. The van der Waals surface area contributed by atoms with E-state index in [0.717, 1.165) is 17.9 Å². The highest BCUT2D eigenvalue weighted by molar-refractivity contribution is 6.30. The van der Waals surface area contributed by atoms with Gasteiger partial charge in [0, 0.05) is 17.5 Å². The lowest BCUT2D eigenvalue weighted by atomic mass is 9.89. The van der Waals surface area contributed by atoms with E-state index in [0.29, 0.717) is 5.15 Å². The van der Waals surface area contributed by atoms with Crippen LogP contribution in [0.1, 0.15) is 19.4 Å². The van der Waals surface area contributed by atoms with E-state index < -0.39 is 0 Å². The van der Waals surface area contributed by atoms with E-state index in [1.54, 1.807) is 0 Å². The Hall–Kier alpha value is -1.03. The Balaban J connectivity index is 2.65. The molecule has 0 radical (unpaired) electrons. The molecule has 4 nitrogen and oxygen atoms in total. The van der Waals surface area contributed by atoms with E-state index >= 15 is 0 Å². The lowest BCUT2D eigenvalue weighted by molar-refractivity contribution is 0.584. The SMILES string of the molecule is CC1(C)CNc2nc(N)nc(Cl)c21. The molecular weight excluding hydrogens is 188 g/mol. The van der Waals surface area contributed by atoms with Crippen LogP contribution in [-0.2, 0) is 5.41 Å². The highest BCUT2D eigenvalue weighted by Crippen LogP contribution is 2.38. The minimum atomic E-state index is -0.0138. The smallest absolute Gasteiger partial charge is 0.223 e. The van der Waals surface area contributed by atoms with Gasteiger partial charge in [0.15, 0.2) is 0 Å².